The molecular formula is C17H16N4O2. The van der Waals surface area contributed by atoms with Crippen LogP contribution in [0.25, 0.3) is 0 Å². The second-order valence-electron chi connectivity index (χ2n) is 5.70. The summed E-state index contributed by atoms with van der Waals surface area (Å²) in [5, 5.41) is 9.45. The van der Waals surface area contributed by atoms with Crippen LogP contribution in [0.2, 0.25) is 0 Å². The van der Waals surface area contributed by atoms with Crippen molar-refractivity contribution in [1.82, 2.24) is 9.97 Å². The summed E-state index contributed by atoms with van der Waals surface area (Å²) in [5.41, 5.74) is 8.00. The number of allylic oxidation sites excluding steroid dienone is 1. The average Bonchev–Trinajstić information content (AvgIpc) is 2.54. The Labute approximate surface area is 133 Å². The van der Waals surface area contributed by atoms with Crippen molar-refractivity contribution in [1.29, 1.82) is 5.26 Å². The molecule has 23 heavy (non-hydrogen) atoms. The molecule has 1 unspecified atom stereocenters. The molecule has 0 spiro atoms. The van der Waals surface area contributed by atoms with E-state index in [4.69, 9.17) is 10.5 Å². The Bertz CT molecular complexity index is 873. The summed E-state index contributed by atoms with van der Waals surface area (Å²) >= 11 is 0. The number of nitrogens with two attached hydrogens (primary N) is 1. The molecule has 1 aromatic heterocycles. The van der Waals surface area contributed by atoms with Gasteiger partial charge in [0.15, 0.2) is 0 Å². The highest BCUT2D eigenvalue weighted by Gasteiger charge is 2.33. The molecule has 0 aliphatic carbocycles. The van der Waals surface area contributed by atoms with Crippen molar-refractivity contribution in [3.63, 3.8) is 0 Å². The Hall–Kier alpha value is -3.07. The number of aromatic nitrogens is 2. The van der Waals surface area contributed by atoms with E-state index in [0.29, 0.717) is 11.5 Å². The molecule has 0 amide bonds. The minimum atomic E-state index is -0.581. The minimum absolute atomic E-state index is 0.0176. The van der Waals surface area contributed by atoms with Gasteiger partial charge in [0.1, 0.15) is 11.6 Å². The first-order valence-electron chi connectivity index (χ1n) is 7.28. The maximum Gasteiger partial charge on any atom is 0.258 e. The number of nitrogens with zero attached hydrogens (tertiary/aromatic N) is 2. The summed E-state index contributed by atoms with van der Waals surface area (Å²) in [5.74, 6) is -0.0613. The van der Waals surface area contributed by atoms with Crippen molar-refractivity contribution >= 4 is 0 Å². The van der Waals surface area contributed by atoms with Gasteiger partial charge < -0.3 is 15.5 Å². The molecule has 1 atom stereocenters. The number of rotatable bonds is 2. The van der Waals surface area contributed by atoms with Crippen LogP contribution in [0.1, 0.15) is 42.4 Å². The molecule has 0 bridgehead atoms. The maximum atomic E-state index is 12.2. The number of ether oxygens (including phenoxy) is 1. The van der Waals surface area contributed by atoms with Crippen molar-refractivity contribution in [2.45, 2.75) is 25.7 Å². The van der Waals surface area contributed by atoms with E-state index in [2.05, 4.69) is 29.9 Å². The third-order valence-corrected chi connectivity index (χ3v) is 3.96. The van der Waals surface area contributed by atoms with E-state index in [1.54, 1.807) is 0 Å². The van der Waals surface area contributed by atoms with Gasteiger partial charge in [0.25, 0.3) is 5.56 Å². The monoisotopic (exact) mass is 308 g/mol. The fourth-order valence-corrected chi connectivity index (χ4v) is 2.70. The molecule has 1 aromatic carbocycles. The zero-order valence-corrected chi connectivity index (χ0v) is 12.8. The number of hydrogen-bond donors (Lipinski definition) is 2. The van der Waals surface area contributed by atoms with Gasteiger partial charge in [0, 0.05) is 0 Å². The summed E-state index contributed by atoms with van der Waals surface area (Å²) < 4.78 is 5.33. The minimum Gasteiger partial charge on any atom is -0.422 e. The highest BCUT2D eigenvalue weighted by molar-refractivity contribution is 5.52. The van der Waals surface area contributed by atoms with Gasteiger partial charge in [-0.1, -0.05) is 38.1 Å². The van der Waals surface area contributed by atoms with Crippen LogP contribution in [0.5, 0.6) is 5.88 Å². The van der Waals surface area contributed by atoms with Crippen LogP contribution in [0.15, 0.2) is 46.8 Å². The predicted molar refractivity (Wildman–Crippen MR) is 84.7 cm³/mol. The standard InChI is InChI=1S/C17H16N4O2/c1-9(2)10-3-5-11(6-4-10)13-12(7-18)15(19)23-17-14(13)16(22)20-8-21-17/h3-6,8-9,13H,19H2,1-2H3,(H,20,21,22). The predicted octanol–water partition coefficient (Wildman–Crippen LogP) is 2.11. The smallest absolute Gasteiger partial charge is 0.258 e. The molecule has 116 valence electrons. The van der Waals surface area contributed by atoms with Crippen molar-refractivity contribution in [3.8, 4) is 11.9 Å². The summed E-state index contributed by atoms with van der Waals surface area (Å²) in [4.78, 5) is 18.8. The number of nitriles is 1. The largest absolute Gasteiger partial charge is 0.422 e. The van der Waals surface area contributed by atoms with E-state index in [0.717, 1.165) is 5.56 Å². The number of aromatic amines is 1. The number of H-pyrrole nitrogens is 1. The zero-order chi connectivity index (χ0) is 16.6. The number of benzene rings is 1. The van der Waals surface area contributed by atoms with Crippen LogP contribution >= 0.6 is 0 Å². The first kappa shape index (κ1) is 14.9. The highest BCUT2D eigenvalue weighted by Crippen LogP contribution is 2.38. The zero-order valence-electron chi connectivity index (χ0n) is 12.8. The Morgan fingerprint density at radius 1 is 1.35 bits per heavy atom. The Morgan fingerprint density at radius 2 is 2.04 bits per heavy atom. The van der Waals surface area contributed by atoms with Crippen molar-refractivity contribution < 1.29 is 4.74 Å². The molecule has 0 radical (unpaired) electrons. The first-order valence-corrected chi connectivity index (χ1v) is 7.28. The molecule has 3 N–H and O–H groups in total. The quantitative estimate of drug-likeness (QED) is 0.884. The lowest BCUT2D eigenvalue weighted by atomic mass is 9.84. The van der Waals surface area contributed by atoms with Crippen molar-refractivity contribution in [2.24, 2.45) is 5.73 Å². The van der Waals surface area contributed by atoms with Crippen LogP contribution in [0.3, 0.4) is 0 Å². The van der Waals surface area contributed by atoms with E-state index in [1.165, 1.54) is 11.9 Å². The Morgan fingerprint density at radius 3 is 2.65 bits per heavy atom. The van der Waals surface area contributed by atoms with Crippen molar-refractivity contribution in [3.05, 3.63) is 69.1 Å². The summed E-state index contributed by atoms with van der Waals surface area (Å²) in [7, 11) is 0. The van der Waals surface area contributed by atoms with Gasteiger partial charge in [0.05, 0.1) is 17.8 Å². The number of hydrogen-bond acceptors (Lipinski definition) is 5. The van der Waals surface area contributed by atoms with Gasteiger partial charge in [0.2, 0.25) is 11.8 Å². The van der Waals surface area contributed by atoms with E-state index in [9.17, 15) is 10.1 Å². The van der Waals surface area contributed by atoms with Crippen LogP contribution in [0, 0.1) is 11.3 Å². The summed E-state index contributed by atoms with van der Waals surface area (Å²) in [6, 6.07) is 9.86. The normalized spacial score (nSPS) is 16.7. The van der Waals surface area contributed by atoms with Gasteiger partial charge in [-0.25, -0.2) is 4.98 Å². The third-order valence-electron chi connectivity index (χ3n) is 3.96. The molecule has 0 fully saturated rings. The Kier molecular flexibility index (Phi) is 3.62. The molecule has 2 aromatic rings. The molecule has 3 rings (SSSR count). The van der Waals surface area contributed by atoms with Crippen LogP contribution < -0.4 is 16.0 Å². The molecule has 1 aliphatic rings. The van der Waals surface area contributed by atoms with E-state index in [1.807, 2.05) is 24.3 Å². The molecule has 0 saturated heterocycles. The lowest BCUT2D eigenvalue weighted by Gasteiger charge is -2.24. The number of fused-ring (bicyclic) bond motifs is 1. The fourth-order valence-electron chi connectivity index (χ4n) is 2.70. The second-order valence-corrected chi connectivity index (χ2v) is 5.70. The first-order chi connectivity index (χ1) is 11.0. The van der Waals surface area contributed by atoms with Crippen LogP contribution in [-0.2, 0) is 0 Å². The van der Waals surface area contributed by atoms with Crippen molar-refractivity contribution in [2.75, 3.05) is 0 Å². The molecule has 6 heteroatoms. The lowest BCUT2D eigenvalue weighted by molar-refractivity contribution is 0.375. The van der Waals surface area contributed by atoms with Gasteiger partial charge >= 0.3 is 0 Å². The maximum absolute atomic E-state index is 12.2. The number of nitrogens with one attached hydrogen (secondary N) is 1. The molecule has 2 heterocycles. The van der Waals surface area contributed by atoms with Gasteiger partial charge in [-0.05, 0) is 17.0 Å². The SMILES string of the molecule is CC(C)c1ccc(C2C(C#N)=C(N)Oc3nc[nH]c(=O)c32)cc1. The van der Waals surface area contributed by atoms with E-state index >= 15 is 0 Å². The van der Waals surface area contributed by atoms with Crippen LogP contribution in [-0.4, -0.2) is 9.97 Å². The third kappa shape index (κ3) is 2.46. The van der Waals surface area contributed by atoms with Crippen LogP contribution in [0.4, 0.5) is 0 Å². The fraction of sp³-hybridized carbons (Fsp3) is 0.235. The van der Waals surface area contributed by atoms with Gasteiger partial charge in [-0.3, -0.25) is 4.79 Å². The molecule has 1 aliphatic heterocycles. The summed E-state index contributed by atoms with van der Waals surface area (Å²) in [6.07, 6.45) is 1.25. The molecule has 0 saturated carbocycles. The molecular weight excluding hydrogens is 292 g/mol. The lowest BCUT2D eigenvalue weighted by Crippen LogP contribution is -2.28. The average molecular weight is 308 g/mol. The van der Waals surface area contributed by atoms with E-state index < -0.39 is 5.92 Å². The highest BCUT2D eigenvalue weighted by atomic mass is 16.5. The topological polar surface area (TPSA) is 105 Å². The Balaban J connectivity index is 2.20. The van der Waals surface area contributed by atoms with Gasteiger partial charge in [-0.15, -0.1) is 0 Å². The second kappa shape index (κ2) is 5.61. The summed E-state index contributed by atoms with van der Waals surface area (Å²) in [6.45, 7) is 4.21. The molecule has 6 nitrogen and oxygen atoms in total. The van der Waals surface area contributed by atoms with E-state index in [-0.39, 0.29) is 22.9 Å². The van der Waals surface area contributed by atoms with Gasteiger partial charge in [-0.2, -0.15) is 5.26 Å².